The lowest BCUT2D eigenvalue weighted by molar-refractivity contribution is -0.0375. The first-order valence-electron chi connectivity index (χ1n) is 8.11. The number of rotatable bonds is 9. The van der Waals surface area contributed by atoms with Crippen molar-refractivity contribution >= 4 is 5.82 Å². The van der Waals surface area contributed by atoms with Crippen molar-refractivity contribution in [3.8, 4) is 5.75 Å². The molecule has 0 atom stereocenters. The highest BCUT2D eigenvalue weighted by Crippen LogP contribution is 2.20. The van der Waals surface area contributed by atoms with Crippen LogP contribution in [0.2, 0.25) is 0 Å². The van der Waals surface area contributed by atoms with Crippen molar-refractivity contribution < 1.29 is 18.3 Å². The van der Waals surface area contributed by atoms with Gasteiger partial charge in [-0.1, -0.05) is 0 Å². The monoisotopic (exact) mass is 344 g/mol. The van der Waals surface area contributed by atoms with Gasteiger partial charge in [0.1, 0.15) is 11.6 Å². The van der Waals surface area contributed by atoms with Crippen LogP contribution < -0.4 is 15.0 Å². The van der Waals surface area contributed by atoms with Gasteiger partial charge in [0.25, 0.3) is 5.92 Å². The van der Waals surface area contributed by atoms with Crippen LogP contribution in [0.15, 0.2) is 18.3 Å². The van der Waals surface area contributed by atoms with Crippen LogP contribution in [0.1, 0.15) is 0 Å². The fraction of sp³-hybridized carbons (Fsp3) is 0.688. The molecule has 0 amide bonds. The molecule has 2 rings (SSSR count). The Morgan fingerprint density at radius 1 is 1.25 bits per heavy atom. The Morgan fingerprint density at radius 2 is 2.00 bits per heavy atom. The molecule has 1 aliphatic heterocycles. The molecule has 0 aromatic carbocycles. The number of methoxy groups -OCH3 is 1. The van der Waals surface area contributed by atoms with E-state index in [0.29, 0.717) is 5.75 Å². The van der Waals surface area contributed by atoms with E-state index in [1.54, 1.807) is 13.2 Å². The summed E-state index contributed by atoms with van der Waals surface area (Å²) >= 11 is 0. The minimum Gasteiger partial charge on any atom is -0.486 e. The Morgan fingerprint density at radius 3 is 2.58 bits per heavy atom. The summed E-state index contributed by atoms with van der Waals surface area (Å²) in [6.07, 6.45) is 1.50. The van der Waals surface area contributed by atoms with Crippen LogP contribution >= 0.6 is 0 Å². The lowest BCUT2D eigenvalue weighted by Gasteiger charge is -2.35. The van der Waals surface area contributed by atoms with Crippen molar-refractivity contribution in [1.82, 2.24) is 15.2 Å². The molecule has 0 saturated carbocycles. The Kier molecular flexibility index (Phi) is 7.14. The molecule has 0 bridgehead atoms. The first-order valence-corrected chi connectivity index (χ1v) is 8.11. The van der Waals surface area contributed by atoms with Crippen molar-refractivity contribution in [2.45, 2.75) is 5.92 Å². The molecular formula is C16H26F2N4O2. The minimum absolute atomic E-state index is 0.355. The summed E-state index contributed by atoms with van der Waals surface area (Å²) < 4.78 is 37.0. The van der Waals surface area contributed by atoms with Gasteiger partial charge in [-0.2, -0.15) is 0 Å². The number of aromatic nitrogens is 1. The van der Waals surface area contributed by atoms with E-state index >= 15 is 0 Å². The number of nitrogens with zero attached hydrogens (tertiary/aromatic N) is 3. The predicted molar refractivity (Wildman–Crippen MR) is 89.1 cm³/mol. The summed E-state index contributed by atoms with van der Waals surface area (Å²) in [5, 5.41) is 2.45. The number of pyridine rings is 1. The molecule has 8 heteroatoms. The Bertz CT molecular complexity index is 479. The van der Waals surface area contributed by atoms with Crippen LogP contribution in [-0.2, 0) is 4.74 Å². The SMILES string of the molecule is CNCC(F)(F)COc1ccc(N2CCN(CCOC)CC2)nc1. The third kappa shape index (κ3) is 5.85. The normalized spacial score (nSPS) is 16.4. The first kappa shape index (κ1) is 18.8. The molecule has 1 aromatic rings. The number of alkyl halides is 2. The van der Waals surface area contributed by atoms with Crippen LogP contribution in [0.4, 0.5) is 14.6 Å². The highest BCUT2D eigenvalue weighted by molar-refractivity contribution is 5.41. The topological polar surface area (TPSA) is 49.9 Å². The maximum absolute atomic E-state index is 13.4. The highest BCUT2D eigenvalue weighted by atomic mass is 19.3. The molecule has 0 aliphatic carbocycles. The molecule has 1 N–H and O–H groups in total. The average Bonchev–Trinajstić information content (AvgIpc) is 2.59. The van der Waals surface area contributed by atoms with E-state index in [1.165, 1.54) is 13.2 Å². The average molecular weight is 344 g/mol. The van der Waals surface area contributed by atoms with E-state index in [1.807, 2.05) is 6.07 Å². The number of hydrogen-bond donors (Lipinski definition) is 1. The van der Waals surface area contributed by atoms with Crippen molar-refractivity contribution in [3.05, 3.63) is 18.3 Å². The van der Waals surface area contributed by atoms with Gasteiger partial charge in [0.2, 0.25) is 0 Å². The zero-order valence-corrected chi connectivity index (χ0v) is 14.3. The summed E-state index contributed by atoms with van der Waals surface area (Å²) in [4.78, 5) is 8.87. The molecule has 6 nitrogen and oxygen atoms in total. The van der Waals surface area contributed by atoms with Gasteiger partial charge in [0.15, 0.2) is 6.61 Å². The molecular weight excluding hydrogens is 318 g/mol. The van der Waals surface area contributed by atoms with E-state index in [-0.39, 0.29) is 0 Å². The number of piperazine rings is 1. The quantitative estimate of drug-likeness (QED) is 0.724. The molecule has 1 aliphatic rings. The van der Waals surface area contributed by atoms with E-state index in [4.69, 9.17) is 9.47 Å². The highest BCUT2D eigenvalue weighted by Gasteiger charge is 2.29. The number of nitrogens with one attached hydrogen (secondary N) is 1. The lowest BCUT2D eigenvalue weighted by atomic mass is 10.3. The van der Waals surface area contributed by atoms with Crippen LogP contribution in [0, 0.1) is 0 Å². The molecule has 0 unspecified atom stereocenters. The van der Waals surface area contributed by atoms with Gasteiger partial charge in [0.05, 0.1) is 19.3 Å². The fourth-order valence-corrected chi connectivity index (χ4v) is 2.56. The molecule has 136 valence electrons. The third-order valence-electron chi connectivity index (χ3n) is 3.91. The smallest absolute Gasteiger partial charge is 0.293 e. The second-order valence-electron chi connectivity index (χ2n) is 5.85. The van der Waals surface area contributed by atoms with E-state index < -0.39 is 19.1 Å². The largest absolute Gasteiger partial charge is 0.486 e. The van der Waals surface area contributed by atoms with Crippen LogP contribution in [0.5, 0.6) is 5.75 Å². The molecule has 1 aromatic heterocycles. The number of halogens is 2. The zero-order chi connectivity index (χ0) is 17.4. The van der Waals surface area contributed by atoms with Gasteiger partial charge < -0.3 is 19.7 Å². The molecule has 0 radical (unpaired) electrons. The Balaban J connectivity index is 1.80. The number of anilines is 1. The lowest BCUT2D eigenvalue weighted by Crippen LogP contribution is -2.47. The number of hydrogen-bond acceptors (Lipinski definition) is 6. The Labute approximate surface area is 141 Å². The molecule has 24 heavy (non-hydrogen) atoms. The van der Waals surface area contributed by atoms with E-state index in [9.17, 15) is 8.78 Å². The standard InChI is InChI=1S/C16H26F2N4O2/c1-19-12-16(17,18)13-24-14-3-4-15(20-11-14)22-7-5-21(6-8-22)9-10-23-2/h3-4,11,19H,5-10,12-13H2,1-2H3. The minimum atomic E-state index is -2.90. The van der Waals surface area contributed by atoms with Gasteiger partial charge in [0, 0.05) is 39.8 Å². The van der Waals surface area contributed by atoms with Crippen molar-refractivity contribution in [2.75, 3.05) is 71.5 Å². The summed E-state index contributed by atoms with van der Waals surface area (Å²) in [6.45, 7) is 4.29. The molecule has 1 fully saturated rings. The van der Waals surface area contributed by atoms with Crippen molar-refractivity contribution in [2.24, 2.45) is 0 Å². The van der Waals surface area contributed by atoms with Crippen LogP contribution in [-0.4, -0.2) is 82.4 Å². The van der Waals surface area contributed by atoms with Crippen LogP contribution in [0.3, 0.4) is 0 Å². The van der Waals surface area contributed by atoms with Crippen LogP contribution in [0.25, 0.3) is 0 Å². The second-order valence-corrected chi connectivity index (χ2v) is 5.85. The maximum atomic E-state index is 13.4. The van der Waals surface area contributed by atoms with Gasteiger partial charge in [-0.25, -0.2) is 13.8 Å². The summed E-state index contributed by atoms with van der Waals surface area (Å²) in [7, 11) is 3.19. The van der Waals surface area contributed by atoms with Gasteiger partial charge in [-0.15, -0.1) is 0 Å². The fourth-order valence-electron chi connectivity index (χ4n) is 2.56. The van der Waals surface area contributed by atoms with Crippen molar-refractivity contribution in [1.29, 1.82) is 0 Å². The van der Waals surface area contributed by atoms with E-state index in [0.717, 1.165) is 45.1 Å². The van der Waals surface area contributed by atoms with Gasteiger partial charge in [-0.05, 0) is 19.2 Å². The molecule has 0 spiro atoms. The Hall–Kier alpha value is -1.51. The zero-order valence-electron chi connectivity index (χ0n) is 14.3. The van der Waals surface area contributed by atoms with E-state index in [2.05, 4.69) is 20.1 Å². The summed E-state index contributed by atoms with van der Waals surface area (Å²) in [5.41, 5.74) is 0. The molecule has 1 saturated heterocycles. The maximum Gasteiger partial charge on any atom is 0.293 e. The predicted octanol–water partition coefficient (Wildman–Crippen LogP) is 1.08. The second kappa shape index (κ2) is 9.10. The first-order chi connectivity index (χ1) is 11.5. The van der Waals surface area contributed by atoms with Gasteiger partial charge in [-0.3, -0.25) is 4.90 Å². The van der Waals surface area contributed by atoms with Crippen molar-refractivity contribution in [3.63, 3.8) is 0 Å². The molecule has 2 heterocycles. The van der Waals surface area contributed by atoms with Gasteiger partial charge >= 0.3 is 0 Å². The number of ether oxygens (including phenoxy) is 2. The summed E-state index contributed by atoms with van der Waals surface area (Å²) in [6, 6.07) is 3.51. The third-order valence-corrected chi connectivity index (χ3v) is 3.91. The summed E-state index contributed by atoms with van der Waals surface area (Å²) in [5.74, 6) is -1.70.